The van der Waals surface area contributed by atoms with Gasteiger partial charge in [0.15, 0.2) is 5.17 Å². The van der Waals surface area contributed by atoms with E-state index in [0.29, 0.717) is 33.4 Å². The van der Waals surface area contributed by atoms with Gasteiger partial charge in [-0.15, -0.1) is 11.3 Å². The van der Waals surface area contributed by atoms with Crippen LogP contribution in [0.5, 0.6) is 0 Å². The molecule has 0 saturated heterocycles. The Hall–Kier alpha value is -1.93. The van der Waals surface area contributed by atoms with Crippen molar-refractivity contribution in [2.24, 2.45) is 10.7 Å². The van der Waals surface area contributed by atoms with E-state index in [1.165, 1.54) is 29.2 Å². The van der Waals surface area contributed by atoms with Crippen LogP contribution in [0.1, 0.15) is 34.3 Å². The minimum atomic E-state index is -0.722. The summed E-state index contributed by atoms with van der Waals surface area (Å²) in [6.07, 6.45) is 0.681. The van der Waals surface area contributed by atoms with Gasteiger partial charge in [0.1, 0.15) is 10.7 Å². The number of amidine groups is 1. The number of hydrogen-bond acceptors (Lipinski definition) is 6. The predicted octanol–water partition coefficient (Wildman–Crippen LogP) is 3.51. The fraction of sp³-hybridized carbons (Fsp3) is 0.312. The molecule has 1 atom stereocenters. The third-order valence-electron chi connectivity index (χ3n) is 3.95. The number of amides is 1. The Bertz CT molecular complexity index is 820. The van der Waals surface area contributed by atoms with Crippen molar-refractivity contribution in [2.45, 2.75) is 25.8 Å². The topological polar surface area (TPSA) is 80.4 Å². The lowest BCUT2D eigenvalue weighted by molar-refractivity contribution is 0.102. The number of hydrogen-bond donors (Lipinski definition) is 2. The summed E-state index contributed by atoms with van der Waals surface area (Å²) < 4.78 is 14.4. The van der Waals surface area contributed by atoms with Crippen LogP contribution in [0.4, 0.5) is 10.1 Å². The number of rotatable bonds is 3. The van der Waals surface area contributed by atoms with E-state index < -0.39 is 5.54 Å². The zero-order valence-electron chi connectivity index (χ0n) is 13.3. The molecule has 2 heterocycles. The van der Waals surface area contributed by atoms with Gasteiger partial charge in [0.05, 0.1) is 16.7 Å². The van der Waals surface area contributed by atoms with Crippen molar-refractivity contribution in [1.82, 2.24) is 4.98 Å². The molecule has 2 aromatic rings. The maximum absolute atomic E-state index is 14.4. The molecule has 1 aliphatic rings. The average molecular weight is 364 g/mol. The third kappa shape index (κ3) is 3.29. The van der Waals surface area contributed by atoms with Crippen LogP contribution in [-0.2, 0) is 5.54 Å². The van der Waals surface area contributed by atoms with Crippen LogP contribution in [-0.4, -0.2) is 21.8 Å². The zero-order chi connectivity index (χ0) is 17.3. The van der Waals surface area contributed by atoms with Crippen molar-refractivity contribution in [2.75, 3.05) is 11.1 Å². The van der Waals surface area contributed by atoms with Crippen LogP contribution in [0.15, 0.2) is 28.7 Å². The first-order chi connectivity index (χ1) is 11.4. The van der Waals surface area contributed by atoms with Gasteiger partial charge in [-0.05, 0) is 38.5 Å². The second-order valence-electron chi connectivity index (χ2n) is 5.74. The number of aromatic nitrogens is 1. The van der Waals surface area contributed by atoms with Crippen LogP contribution < -0.4 is 11.1 Å². The molecule has 0 unspecified atom stereocenters. The Morgan fingerprint density at radius 1 is 1.46 bits per heavy atom. The quantitative estimate of drug-likeness (QED) is 0.873. The molecule has 8 heteroatoms. The molecule has 1 aromatic carbocycles. The minimum absolute atomic E-state index is 0.250. The Labute approximate surface area is 147 Å². The Morgan fingerprint density at radius 2 is 2.25 bits per heavy atom. The number of carbonyl (C=O) groups excluding carboxylic acids is 1. The third-order valence-corrected chi connectivity index (χ3v) is 5.67. The summed E-state index contributed by atoms with van der Waals surface area (Å²) in [6.45, 7) is 3.64. The van der Waals surface area contributed by atoms with E-state index in [0.717, 1.165) is 5.75 Å². The summed E-state index contributed by atoms with van der Waals surface area (Å²) >= 11 is 2.74. The highest BCUT2D eigenvalue weighted by atomic mass is 32.2. The van der Waals surface area contributed by atoms with Gasteiger partial charge in [0, 0.05) is 17.0 Å². The van der Waals surface area contributed by atoms with E-state index >= 15 is 0 Å². The first-order valence-electron chi connectivity index (χ1n) is 7.39. The number of anilines is 1. The first kappa shape index (κ1) is 16.9. The molecular weight excluding hydrogens is 347 g/mol. The second-order valence-corrected chi connectivity index (χ2v) is 7.71. The molecule has 3 N–H and O–H groups in total. The van der Waals surface area contributed by atoms with Crippen molar-refractivity contribution in [3.05, 3.63) is 45.7 Å². The monoisotopic (exact) mass is 364 g/mol. The minimum Gasteiger partial charge on any atom is -0.379 e. The summed E-state index contributed by atoms with van der Waals surface area (Å²) in [5.74, 6) is 0.176. The van der Waals surface area contributed by atoms with Gasteiger partial charge in [-0.2, -0.15) is 0 Å². The highest BCUT2D eigenvalue weighted by Gasteiger charge is 2.32. The van der Waals surface area contributed by atoms with E-state index in [2.05, 4.69) is 15.3 Å². The molecular formula is C16H17FN4OS2. The standard InChI is InChI=1S/C16H17FN4OS2/c1-9-13(24-8-19-9)14(22)20-10-3-4-12(17)11(7-10)16(2)5-6-23-15(18)21-16/h3-4,7-8H,5-6H2,1-2H3,(H2,18,21)(H,20,22)/t16-/m0/s1. The number of thiazole rings is 1. The number of aryl methyl sites for hydroxylation is 1. The van der Waals surface area contributed by atoms with Gasteiger partial charge in [-0.25, -0.2) is 9.37 Å². The number of benzene rings is 1. The van der Waals surface area contributed by atoms with E-state index in [9.17, 15) is 9.18 Å². The molecule has 0 saturated carbocycles. The number of aliphatic imine (C=N–C) groups is 1. The fourth-order valence-electron chi connectivity index (χ4n) is 2.60. The zero-order valence-corrected chi connectivity index (χ0v) is 14.9. The average Bonchev–Trinajstić information content (AvgIpc) is 2.95. The molecule has 1 amide bonds. The summed E-state index contributed by atoms with van der Waals surface area (Å²) in [5.41, 5.74) is 8.35. The molecule has 3 rings (SSSR count). The summed E-state index contributed by atoms with van der Waals surface area (Å²) in [6, 6.07) is 4.53. The molecule has 0 spiro atoms. The smallest absolute Gasteiger partial charge is 0.267 e. The number of carbonyl (C=O) groups is 1. The Morgan fingerprint density at radius 3 is 2.92 bits per heavy atom. The summed E-state index contributed by atoms with van der Waals surface area (Å²) in [4.78, 5) is 21.4. The summed E-state index contributed by atoms with van der Waals surface area (Å²) in [5, 5.41) is 3.26. The maximum Gasteiger partial charge on any atom is 0.267 e. The van der Waals surface area contributed by atoms with Crippen molar-refractivity contribution >= 4 is 39.9 Å². The lowest BCUT2D eigenvalue weighted by Crippen LogP contribution is -2.29. The molecule has 1 aromatic heterocycles. The largest absolute Gasteiger partial charge is 0.379 e. The van der Waals surface area contributed by atoms with Crippen LogP contribution >= 0.6 is 23.1 Å². The Kier molecular flexibility index (Phi) is 4.60. The van der Waals surface area contributed by atoms with E-state index in [-0.39, 0.29) is 11.7 Å². The molecule has 0 bridgehead atoms. The first-order valence-corrected chi connectivity index (χ1v) is 9.25. The number of nitrogens with one attached hydrogen (secondary N) is 1. The molecule has 1 aliphatic heterocycles. The van der Waals surface area contributed by atoms with Crippen molar-refractivity contribution < 1.29 is 9.18 Å². The molecule has 0 radical (unpaired) electrons. The van der Waals surface area contributed by atoms with E-state index in [1.807, 2.05) is 6.92 Å². The van der Waals surface area contributed by atoms with Crippen molar-refractivity contribution in [3.63, 3.8) is 0 Å². The van der Waals surface area contributed by atoms with Gasteiger partial charge in [0.2, 0.25) is 0 Å². The number of halogens is 1. The molecule has 24 heavy (non-hydrogen) atoms. The van der Waals surface area contributed by atoms with Crippen LogP contribution in [0.3, 0.4) is 0 Å². The van der Waals surface area contributed by atoms with Gasteiger partial charge in [0.25, 0.3) is 5.91 Å². The van der Waals surface area contributed by atoms with Crippen molar-refractivity contribution in [1.29, 1.82) is 0 Å². The molecule has 126 valence electrons. The lowest BCUT2D eigenvalue weighted by atomic mass is 9.89. The van der Waals surface area contributed by atoms with Gasteiger partial charge in [-0.1, -0.05) is 11.8 Å². The van der Waals surface area contributed by atoms with Crippen LogP contribution in [0, 0.1) is 12.7 Å². The van der Waals surface area contributed by atoms with Gasteiger partial charge in [-0.3, -0.25) is 9.79 Å². The molecule has 0 fully saturated rings. The SMILES string of the molecule is Cc1ncsc1C(=O)Nc1ccc(F)c([C@]2(C)CCSC(N)=N2)c1. The normalized spacial score (nSPS) is 20.5. The maximum atomic E-state index is 14.4. The van der Waals surface area contributed by atoms with E-state index in [1.54, 1.807) is 24.6 Å². The van der Waals surface area contributed by atoms with E-state index in [4.69, 9.17) is 5.73 Å². The molecule has 5 nitrogen and oxygen atoms in total. The molecule has 0 aliphatic carbocycles. The summed E-state index contributed by atoms with van der Waals surface area (Å²) in [7, 11) is 0. The number of nitrogens with two attached hydrogens (primary N) is 1. The van der Waals surface area contributed by atoms with Crippen LogP contribution in [0.2, 0.25) is 0 Å². The van der Waals surface area contributed by atoms with Gasteiger partial charge >= 0.3 is 0 Å². The fourth-order valence-corrected chi connectivity index (χ4v) is 4.28. The van der Waals surface area contributed by atoms with Crippen molar-refractivity contribution in [3.8, 4) is 0 Å². The number of thioether (sulfide) groups is 1. The Balaban J connectivity index is 1.91. The predicted molar refractivity (Wildman–Crippen MR) is 97.3 cm³/mol. The highest BCUT2D eigenvalue weighted by molar-refractivity contribution is 8.13. The second kappa shape index (κ2) is 6.52. The van der Waals surface area contributed by atoms with Gasteiger partial charge < -0.3 is 11.1 Å². The van der Waals surface area contributed by atoms with Crippen LogP contribution in [0.25, 0.3) is 0 Å². The number of nitrogens with zero attached hydrogens (tertiary/aromatic N) is 2. The highest BCUT2D eigenvalue weighted by Crippen LogP contribution is 2.37. The lowest BCUT2D eigenvalue weighted by Gasteiger charge is -2.30.